The highest BCUT2D eigenvalue weighted by atomic mass is 32.1. The highest BCUT2D eigenvalue weighted by Gasteiger charge is 2.30. The first-order valence-corrected chi connectivity index (χ1v) is 9.48. The van der Waals surface area contributed by atoms with Crippen molar-refractivity contribution in [2.45, 2.75) is 19.3 Å². The third-order valence-electron chi connectivity index (χ3n) is 4.76. The van der Waals surface area contributed by atoms with E-state index in [0.717, 1.165) is 41.4 Å². The Labute approximate surface area is 155 Å². The van der Waals surface area contributed by atoms with Gasteiger partial charge in [0.2, 0.25) is 0 Å². The summed E-state index contributed by atoms with van der Waals surface area (Å²) < 4.78 is 0. The number of pyridine rings is 1. The minimum absolute atomic E-state index is 0.142. The van der Waals surface area contributed by atoms with Gasteiger partial charge in [0.1, 0.15) is 15.7 Å². The van der Waals surface area contributed by atoms with Gasteiger partial charge in [-0.1, -0.05) is 0 Å². The second kappa shape index (κ2) is 6.87. The molecule has 134 valence electrons. The van der Waals surface area contributed by atoms with Gasteiger partial charge < -0.3 is 20.9 Å². The average Bonchev–Trinajstić information content (AvgIpc) is 3.35. The smallest absolute Gasteiger partial charge is 0.270 e. The Morgan fingerprint density at radius 1 is 1.27 bits per heavy atom. The first-order valence-electron chi connectivity index (χ1n) is 8.66. The molecule has 2 aliphatic heterocycles. The molecule has 4 heterocycles. The summed E-state index contributed by atoms with van der Waals surface area (Å²) in [4.78, 5) is 26.4. The number of carbonyl (C=O) groups is 1. The average molecular weight is 368 g/mol. The normalized spacial score (nSPS) is 17.5. The summed E-state index contributed by atoms with van der Waals surface area (Å²) in [6.45, 7) is 2.61. The zero-order chi connectivity index (χ0) is 18.1. The van der Waals surface area contributed by atoms with Crippen LogP contribution in [0.3, 0.4) is 0 Å². The maximum absolute atomic E-state index is 12.7. The monoisotopic (exact) mass is 368 g/mol. The molecule has 1 saturated heterocycles. The second-order valence-electron chi connectivity index (χ2n) is 6.34. The van der Waals surface area contributed by atoms with Gasteiger partial charge >= 0.3 is 0 Å². The van der Waals surface area contributed by atoms with Crippen molar-refractivity contribution in [1.29, 1.82) is 5.41 Å². The zero-order valence-electron chi connectivity index (χ0n) is 14.3. The van der Waals surface area contributed by atoms with E-state index in [9.17, 15) is 4.79 Å². The zero-order valence-corrected chi connectivity index (χ0v) is 15.1. The van der Waals surface area contributed by atoms with Gasteiger partial charge in [-0.3, -0.25) is 4.79 Å². The number of nitrogens with zero attached hydrogens (tertiary/aromatic N) is 4. The molecule has 0 saturated carbocycles. The number of amides is 1. The molecule has 0 spiro atoms. The van der Waals surface area contributed by atoms with Crippen molar-refractivity contribution in [2.24, 2.45) is 5.73 Å². The first kappa shape index (κ1) is 16.7. The molecular weight excluding hydrogens is 348 g/mol. The van der Waals surface area contributed by atoms with Gasteiger partial charge in [-0.25, -0.2) is 9.97 Å². The predicted octanol–water partition coefficient (Wildman–Crippen LogP) is 2.25. The van der Waals surface area contributed by atoms with E-state index >= 15 is 0 Å². The Bertz CT molecular complexity index is 866. The Balaban J connectivity index is 1.60. The van der Waals surface area contributed by atoms with Crippen LogP contribution in [0, 0.1) is 5.41 Å². The van der Waals surface area contributed by atoms with Crippen molar-refractivity contribution in [3.05, 3.63) is 40.8 Å². The van der Waals surface area contributed by atoms with Crippen molar-refractivity contribution >= 4 is 29.3 Å². The van der Waals surface area contributed by atoms with Crippen molar-refractivity contribution < 1.29 is 4.79 Å². The standard InChI is InChI=1S/C18H20N6OS/c19-9-13(10-20)24-8-5-14-16(18(24)25)26-17(22-14)12-3-4-15(21-11-12)23-6-1-2-7-23/h3-4,9-11,19H,1-2,5-8,20H2/b13-10+,19-9?. The molecule has 3 N–H and O–H groups in total. The van der Waals surface area contributed by atoms with Crippen LogP contribution in [0.1, 0.15) is 28.2 Å². The molecule has 0 aromatic carbocycles. The van der Waals surface area contributed by atoms with Gasteiger partial charge in [0.25, 0.3) is 5.91 Å². The Morgan fingerprint density at radius 3 is 2.73 bits per heavy atom. The molecule has 8 heteroatoms. The van der Waals surface area contributed by atoms with E-state index in [0.29, 0.717) is 23.5 Å². The van der Waals surface area contributed by atoms with Gasteiger partial charge in [0.15, 0.2) is 0 Å². The quantitative estimate of drug-likeness (QED) is 0.807. The van der Waals surface area contributed by atoms with E-state index in [1.807, 2.05) is 18.3 Å². The molecule has 0 radical (unpaired) electrons. The molecule has 1 amide bonds. The highest BCUT2D eigenvalue weighted by Crippen LogP contribution is 2.33. The summed E-state index contributed by atoms with van der Waals surface area (Å²) in [5.41, 5.74) is 7.68. The van der Waals surface area contributed by atoms with E-state index in [2.05, 4.69) is 14.9 Å². The van der Waals surface area contributed by atoms with E-state index in [-0.39, 0.29) is 5.91 Å². The SMILES string of the molecule is N=C/C(=C\N)N1CCc2nc(-c3ccc(N4CCCC4)nc3)sc2C1=O. The van der Waals surface area contributed by atoms with Crippen LogP contribution in [-0.4, -0.2) is 46.6 Å². The minimum Gasteiger partial charge on any atom is -0.403 e. The summed E-state index contributed by atoms with van der Waals surface area (Å²) in [5, 5.41) is 8.21. The second-order valence-corrected chi connectivity index (χ2v) is 7.34. The lowest BCUT2D eigenvalue weighted by Gasteiger charge is -2.25. The largest absolute Gasteiger partial charge is 0.403 e. The van der Waals surface area contributed by atoms with Crippen LogP contribution in [-0.2, 0) is 6.42 Å². The van der Waals surface area contributed by atoms with E-state index < -0.39 is 0 Å². The number of rotatable bonds is 4. The fourth-order valence-corrected chi connectivity index (χ4v) is 4.41. The van der Waals surface area contributed by atoms with E-state index in [1.165, 1.54) is 35.3 Å². The minimum atomic E-state index is -0.142. The van der Waals surface area contributed by atoms with Crippen LogP contribution in [0.4, 0.5) is 5.82 Å². The van der Waals surface area contributed by atoms with Gasteiger partial charge in [-0.2, -0.15) is 0 Å². The maximum Gasteiger partial charge on any atom is 0.270 e. The summed E-state index contributed by atoms with van der Waals surface area (Å²) >= 11 is 1.38. The Hall–Kier alpha value is -2.74. The molecule has 7 nitrogen and oxygen atoms in total. The molecule has 0 bridgehead atoms. The van der Waals surface area contributed by atoms with Crippen LogP contribution in [0.25, 0.3) is 10.6 Å². The fourth-order valence-electron chi connectivity index (χ4n) is 3.36. The molecular formula is C18H20N6OS. The van der Waals surface area contributed by atoms with Crippen molar-refractivity contribution in [3.8, 4) is 10.6 Å². The number of hydrogen-bond acceptors (Lipinski definition) is 7. The maximum atomic E-state index is 12.7. The highest BCUT2D eigenvalue weighted by molar-refractivity contribution is 7.17. The Kier molecular flexibility index (Phi) is 4.42. The third-order valence-corrected chi connectivity index (χ3v) is 5.90. The lowest BCUT2D eigenvalue weighted by atomic mass is 10.1. The number of nitrogens with two attached hydrogens (primary N) is 1. The van der Waals surface area contributed by atoms with Crippen LogP contribution >= 0.6 is 11.3 Å². The van der Waals surface area contributed by atoms with Crippen LogP contribution in [0.5, 0.6) is 0 Å². The molecule has 0 unspecified atom stereocenters. The van der Waals surface area contributed by atoms with Gasteiger partial charge in [0, 0.05) is 50.2 Å². The molecule has 4 rings (SSSR count). The number of anilines is 1. The van der Waals surface area contributed by atoms with E-state index in [4.69, 9.17) is 11.1 Å². The third kappa shape index (κ3) is 2.86. The first-order chi connectivity index (χ1) is 12.7. The number of allylic oxidation sites excluding steroid dienone is 1. The number of fused-ring (bicyclic) bond motifs is 1. The van der Waals surface area contributed by atoms with Crippen LogP contribution < -0.4 is 10.6 Å². The van der Waals surface area contributed by atoms with Gasteiger partial charge in [-0.15, -0.1) is 11.3 Å². The number of nitrogens with one attached hydrogen (secondary N) is 1. The molecule has 2 aliphatic rings. The van der Waals surface area contributed by atoms with Gasteiger partial charge in [0.05, 0.1) is 11.4 Å². The van der Waals surface area contributed by atoms with Crippen LogP contribution in [0.15, 0.2) is 30.2 Å². The van der Waals surface area contributed by atoms with Gasteiger partial charge in [-0.05, 0) is 25.0 Å². The number of hydrogen-bond donors (Lipinski definition) is 2. The summed E-state index contributed by atoms with van der Waals surface area (Å²) in [5.74, 6) is 0.857. The summed E-state index contributed by atoms with van der Waals surface area (Å²) in [7, 11) is 0. The van der Waals surface area contributed by atoms with Crippen molar-refractivity contribution in [1.82, 2.24) is 14.9 Å². The predicted molar refractivity (Wildman–Crippen MR) is 103 cm³/mol. The molecule has 26 heavy (non-hydrogen) atoms. The lowest BCUT2D eigenvalue weighted by molar-refractivity contribution is 0.0805. The topological polar surface area (TPSA) is 99.2 Å². The fraction of sp³-hybridized carbons (Fsp3) is 0.333. The molecule has 2 aromatic rings. The van der Waals surface area contributed by atoms with Crippen LogP contribution in [0.2, 0.25) is 0 Å². The van der Waals surface area contributed by atoms with E-state index in [1.54, 1.807) is 0 Å². The molecule has 2 aromatic heterocycles. The number of thiazole rings is 1. The number of carbonyl (C=O) groups excluding carboxylic acids is 1. The summed E-state index contributed by atoms with van der Waals surface area (Å²) in [6, 6.07) is 4.05. The van der Waals surface area contributed by atoms with Crippen molar-refractivity contribution in [3.63, 3.8) is 0 Å². The molecule has 0 aliphatic carbocycles. The molecule has 1 fully saturated rings. The molecule has 0 atom stereocenters. The summed E-state index contributed by atoms with van der Waals surface area (Å²) in [6.07, 6.45) is 7.32. The Morgan fingerprint density at radius 2 is 2.08 bits per heavy atom. The van der Waals surface area contributed by atoms with Crippen molar-refractivity contribution in [2.75, 3.05) is 24.5 Å². The lowest BCUT2D eigenvalue weighted by Crippen LogP contribution is -2.37. The number of aromatic nitrogens is 2.